The molecule has 0 bridgehead atoms. The van der Waals surface area contributed by atoms with Crippen LogP contribution in [0.3, 0.4) is 0 Å². The lowest BCUT2D eigenvalue weighted by Crippen LogP contribution is -2.41. The van der Waals surface area contributed by atoms with Crippen LogP contribution >= 0.6 is 0 Å². The number of amides is 1. The summed E-state index contributed by atoms with van der Waals surface area (Å²) in [6.45, 7) is 3.57. The van der Waals surface area contributed by atoms with Gasteiger partial charge in [-0.1, -0.05) is 18.9 Å². The van der Waals surface area contributed by atoms with Gasteiger partial charge in [-0.2, -0.15) is 5.10 Å². The fraction of sp³-hybridized carbons (Fsp3) is 0.533. The number of nitrogens with one attached hydrogen (secondary N) is 1. The van der Waals surface area contributed by atoms with Crippen LogP contribution in [0.1, 0.15) is 55.1 Å². The van der Waals surface area contributed by atoms with E-state index in [4.69, 9.17) is 5.11 Å². The second-order valence-corrected chi connectivity index (χ2v) is 5.33. The lowest BCUT2D eigenvalue weighted by molar-refractivity contribution is -0.139. The van der Waals surface area contributed by atoms with Crippen molar-refractivity contribution in [3.63, 3.8) is 0 Å². The summed E-state index contributed by atoms with van der Waals surface area (Å²) >= 11 is 0. The fourth-order valence-corrected chi connectivity index (χ4v) is 2.71. The Morgan fingerprint density at radius 1 is 1.52 bits per heavy atom. The highest BCUT2D eigenvalue weighted by molar-refractivity contribution is 5.95. The Balaban J connectivity index is 2.07. The molecule has 6 nitrogen and oxygen atoms in total. The molecular weight excluding hydrogens is 270 g/mol. The molecule has 1 unspecified atom stereocenters. The average Bonchev–Trinajstić information content (AvgIpc) is 3.11. The Morgan fingerprint density at radius 2 is 2.24 bits per heavy atom. The normalized spacial score (nSPS) is 16.6. The molecule has 1 aromatic rings. The maximum atomic E-state index is 12.3. The number of rotatable bonds is 7. The second kappa shape index (κ2) is 7.06. The van der Waals surface area contributed by atoms with E-state index in [9.17, 15) is 9.59 Å². The quantitative estimate of drug-likeness (QED) is 0.754. The average molecular weight is 291 g/mol. The van der Waals surface area contributed by atoms with Crippen LogP contribution in [0.2, 0.25) is 0 Å². The van der Waals surface area contributed by atoms with Gasteiger partial charge in [-0.3, -0.25) is 9.48 Å². The van der Waals surface area contributed by atoms with Gasteiger partial charge >= 0.3 is 5.97 Å². The van der Waals surface area contributed by atoms with Gasteiger partial charge < -0.3 is 10.4 Å². The van der Waals surface area contributed by atoms with Crippen molar-refractivity contribution in [3.8, 4) is 0 Å². The van der Waals surface area contributed by atoms with Crippen molar-refractivity contribution in [1.82, 2.24) is 15.1 Å². The Morgan fingerprint density at radius 3 is 2.86 bits per heavy atom. The van der Waals surface area contributed by atoms with Gasteiger partial charge in [-0.05, 0) is 31.7 Å². The van der Waals surface area contributed by atoms with Crippen LogP contribution in [0.4, 0.5) is 0 Å². The zero-order chi connectivity index (χ0) is 15.2. The maximum absolute atomic E-state index is 12.3. The number of carboxylic acid groups (broad SMARTS) is 1. The van der Waals surface area contributed by atoms with Gasteiger partial charge in [-0.15, -0.1) is 6.58 Å². The number of carbonyl (C=O) groups is 2. The first-order chi connectivity index (χ1) is 10.1. The molecular formula is C15H21N3O3. The number of nitrogens with zero attached hydrogens (tertiary/aromatic N) is 2. The van der Waals surface area contributed by atoms with Crippen LogP contribution in [0.15, 0.2) is 24.9 Å². The van der Waals surface area contributed by atoms with E-state index in [-0.39, 0.29) is 11.9 Å². The summed E-state index contributed by atoms with van der Waals surface area (Å²) in [6, 6.07) is 0.986. The molecule has 1 aliphatic carbocycles. The number of aromatic nitrogens is 2. The van der Waals surface area contributed by atoms with E-state index < -0.39 is 12.0 Å². The van der Waals surface area contributed by atoms with Crippen LogP contribution in [-0.2, 0) is 4.79 Å². The molecule has 21 heavy (non-hydrogen) atoms. The van der Waals surface area contributed by atoms with E-state index in [2.05, 4.69) is 17.0 Å². The van der Waals surface area contributed by atoms with Crippen LogP contribution in [0, 0.1) is 0 Å². The number of allylic oxidation sites excluding steroid dienone is 1. The molecule has 0 aromatic carbocycles. The highest BCUT2D eigenvalue weighted by Gasteiger charge is 2.25. The van der Waals surface area contributed by atoms with Crippen molar-refractivity contribution in [3.05, 3.63) is 30.6 Å². The zero-order valence-corrected chi connectivity index (χ0v) is 12.0. The molecule has 2 N–H and O–H groups in total. The van der Waals surface area contributed by atoms with Gasteiger partial charge in [0.2, 0.25) is 0 Å². The summed E-state index contributed by atoms with van der Waals surface area (Å²) in [5.74, 6) is -1.41. The van der Waals surface area contributed by atoms with E-state index in [0.717, 1.165) is 25.7 Å². The van der Waals surface area contributed by atoms with Gasteiger partial charge in [0.15, 0.2) is 0 Å². The predicted molar refractivity (Wildman–Crippen MR) is 78.1 cm³/mol. The van der Waals surface area contributed by atoms with Gasteiger partial charge in [0, 0.05) is 6.20 Å². The Bertz CT molecular complexity index is 518. The number of aliphatic carboxylic acids is 1. The zero-order valence-electron chi connectivity index (χ0n) is 12.0. The third kappa shape index (κ3) is 3.71. The monoisotopic (exact) mass is 291 g/mol. The first kappa shape index (κ1) is 15.3. The van der Waals surface area contributed by atoms with Crippen molar-refractivity contribution in [1.29, 1.82) is 0 Å². The molecule has 1 aromatic heterocycles. The van der Waals surface area contributed by atoms with Crippen molar-refractivity contribution in [2.24, 2.45) is 0 Å². The summed E-state index contributed by atoms with van der Waals surface area (Å²) in [5.41, 5.74) is 0.437. The third-order valence-electron chi connectivity index (χ3n) is 3.84. The van der Waals surface area contributed by atoms with Gasteiger partial charge in [-0.25, -0.2) is 4.79 Å². The summed E-state index contributed by atoms with van der Waals surface area (Å²) in [5, 5.41) is 16.0. The van der Waals surface area contributed by atoms with Crippen molar-refractivity contribution in [2.75, 3.05) is 0 Å². The molecule has 1 fully saturated rings. The summed E-state index contributed by atoms with van der Waals surface area (Å²) < 4.78 is 1.73. The van der Waals surface area contributed by atoms with Gasteiger partial charge in [0.25, 0.3) is 5.91 Å². The SMILES string of the molecule is C=CCCC(NC(=O)c1ccnn1C1CCCC1)C(=O)O. The molecule has 0 radical (unpaired) electrons. The summed E-state index contributed by atoms with van der Waals surface area (Å²) in [7, 11) is 0. The molecule has 1 amide bonds. The van der Waals surface area contributed by atoms with Gasteiger partial charge in [0.1, 0.15) is 11.7 Å². The smallest absolute Gasteiger partial charge is 0.326 e. The van der Waals surface area contributed by atoms with Crippen LogP contribution < -0.4 is 5.32 Å². The number of carboxylic acids is 1. The third-order valence-corrected chi connectivity index (χ3v) is 3.84. The van der Waals surface area contributed by atoms with Crippen molar-refractivity contribution >= 4 is 11.9 Å². The molecule has 0 spiro atoms. The Hall–Kier alpha value is -2.11. The van der Waals surface area contributed by atoms with E-state index in [0.29, 0.717) is 18.5 Å². The molecule has 6 heteroatoms. The molecule has 1 aliphatic rings. The van der Waals surface area contributed by atoms with E-state index in [1.807, 2.05) is 0 Å². The number of hydrogen-bond donors (Lipinski definition) is 2. The molecule has 0 saturated heterocycles. The number of carbonyl (C=O) groups excluding carboxylic acids is 1. The first-order valence-corrected chi connectivity index (χ1v) is 7.31. The van der Waals surface area contributed by atoms with Crippen LogP contribution in [0.25, 0.3) is 0 Å². The first-order valence-electron chi connectivity index (χ1n) is 7.31. The molecule has 2 rings (SSSR count). The molecule has 1 saturated carbocycles. The largest absolute Gasteiger partial charge is 0.480 e. The molecule has 1 atom stereocenters. The highest BCUT2D eigenvalue weighted by atomic mass is 16.4. The molecule has 1 heterocycles. The molecule has 0 aliphatic heterocycles. The second-order valence-electron chi connectivity index (χ2n) is 5.33. The van der Waals surface area contributed by atoms with Gasteiger partial charge in [0.05, 0.1) is 6.04 Å². The summed E-state index contributed by atoms with van der Waals surface area (Å²) in [6.07, 6.45) is 8.42. The van der Waals surface area contributed by atoms with Crippen LogP contribution in [-0.4, -0.2) is 32.8 Å². The minimum Gasteiger partial charge on any atom is -0.480 e. The Kier molecular flexibility index (Phi) is 5.14. The lowest BCUT2D eigenvalue weighted by Gasteiger charge is -2.17. The van der Waals surface area contributed by atoms with Crippen LogP contribution in [0.5, 0.6) is 0 Å². The number of hydrogen-bond acceptors (Lipinski definition) is 3. The minimum absolute atomic E-state index is 0.247. The van der Waals surface area contributed by atoms with Crippen molar-refractivity contribution < 1.29 is 14.7 Å². The fourth-order valence-electron chi connectivity index (χ4n) is 2.71. The lowest BCUT2D eigenvalue weighted by atomic mass is 10.1. The van der Waals surface area contributed by atoms with E-state index in [1.165, 1.54) is 0 Å². The molecule has 114 valence electrons. The highest BCUT2D eigenvalue weighted by Crippen LogP contribution is 2.29. The minimum atomic E-state index is -1.03. The van der Waals surface area contributed by atoms with E-state index in [1.54, 1.807) is 23.0 Å². The van der Waals surface area contributed by atoms with E-state index >= 15 is 0 Å². The topological polar surface area (TPSA) is 84.2 Å². The maximum Gasteiger partial charge on any atom is 0.326 e. The standard InChI is InChI=1S/C15H21N3O3/c1-2-3-8-12(15(20)21)17-14(19)13-9-10-16-18(13)11-6-4-5-7-11/h2,9-12H,1,3-8H2,(H,17,19)(H,20,21). The summed E-state index contributed by atoms with van der Waals surface area (Å²) in [4.78, 5) is 23.5. The predicted octanol–water partition coefficient (Wildman–Crippen LogP) is 2.15. The Labute approximate surface area is 123 Å². The van der Waals surface area contributed by atoms with Crippen molar-refractivity contribution in [2.45, 2.75) is 50.6 Å².